The molecule has 82 valence electrons. The van der Waals surface area contributed by atoms with Crippen LogP contribution in [0.5, 0.6) is 0 Å². The van der Waals surface area contributed by atoms with Crippen LogP contribution in [-0.2, 0) is 7.05 Å². The number of hydrogen-bond donors (Lipinski definition) is 0. The van der Waals surface area contributed by atoms with E-state index in [4.69, 9.17) is 11.6 Å². The van der Waals surface area contributed by atoms with E-state index in [9.17, 15) is 4.79 Å². The molecule has 3 nitrogen and oxygen atoms in total. The van der Waals surface area contributed by atoms with Gasteiger partial charge in [-0.2, -0.15) is 5.10 Å². The zero-order valence-electron chi connectivity index (χ0n) is 9.07. The fraction of sp³-hybridized carbons (Fsp3) is 0.167. The Hall–Kier alpha value is -1.61. The Labute approximate surface area is 98.7 Å². The van der Waals surface area contributed by atoms with E-state index < -0.39 is 0 Å². The molecule has 0 fully saturated rings. The van der Waals surface area contributed by atoms with E-state index in [2.05, 4.69) is 5.10 Å². The van der Waals surface area contributed by atoms with Gasteiger partial charge in [0.1, 0.15) is 5.69 Å². The highest BCUT2D eigenvalue weighted by atomic mass is 35.5. The summed E-state index contributed by atoms with van der Waals surface area (Å²) in [6, 6.07) is 9.25. The summed E-state index contributed by atoms with van der Waals surface area (Å²) in [5.74, 6) is -0.0473. The Bertz CT molecular complexity index is 546. The van der Waals surface area contributed by atoms with Crippen LogP contribution >= 0.6 is 11.6 Å². The second-order valence-corrected chi connectivity index (χ2v) is 3.98. The summed E-state index contributed by atoms with van der Waals surface area (Å²) in [7, 11) is 1.80. The number of nitrogens with zero attached hydrogens (tertiary/aromatic N) is 2. The number of benzene rings is 1. The van der Waals surface area contributed by atoms with Crippen molar-refractivity contribution in [1.29, 1.82) is 0 Å². The lowest BCUT2D eigenvalue weighted by molar-refractivity contribution is 0.101. The smallest absolute Gasteiger partial charge is 0.180 e. The Morgan fingerprint density at radius 1 is 1.38 bits per heavy atom. The molecule has 0 radical (unpaired) electrons. The highest BCUT2D eigenvalue weighted by Gasteiger charge is 2.12. The fourth-order valence-electron chi connectivity index (χ4n) is 1.56. The minimum Gasteiger partial charge on any atom is -0.293 e. The van der Waals surface area contributed by atoms with Gasteiger partial charge in [-0.3, -0.25) is 9.48 Å². The number of aromatic nitrogens is 2. The topological polar surface area (TPSA) is 34.9 Å². The van der Waals surface area contributed by atoms with Crippen LogP contribution in [0.3, 0.4) is 0 Å². The normalized spacial score (nSPS) is 10.4. The SMILES string of the molecule is CC(=O)c1cc(-c2ccccc2Cl)n(C)n1. The van der Waals surface area contributed by atoms with Gasteiger partial charge in [0, 0.05) is 24.6 Å². The zero-order valence-corrected chi connectivity index (χ0v) is 9.82. The molecule has 0 N–H and O–H groups in total. The molecule has 0 bridgehead atoms. The summed E-state index contributed by atoms with van der Waals surface area (Å²) in [6.45, 7) is 1.50. The summed E-state index contributed by atoms with van der Waals surface area (Å²) in [4.78, 5) is 11.2. The van der Waals surface area contributed by atoms with Gasteiger partial charge in [-0.25, -0.2) is 0 Å². The zero-order chi connectivity index (χ0) is 11.7. The van der Waals surface area contributed by atoms with Gasteiger partial charge in [0.2, 0.25) is 0 Å². The number of carbonyl (C=O) groups is 1. The second kappa shape index (κ2) is 4.10. The largest absolute Gasteiger partial charge is 0.293 e. The summed E-state index contributed by atoms with van der Waals surface area (Å²) < 4.78 is 1.66. The molecule has 0 unspecified atom stereocenters. The minimum atomic E-state index is -0.0473. The monoisotopic (exact) mass is 234 g/mol. The van der Waals surface area contributed by atoms with Crippen molar-refractivity contribution in [2.45, 2.75) is 6.92 Å². The molecule has 0 atom stereocenters. The first kappa shape index (κ1) is 10.9. The molecule has 1 aromatic heterocycles. The number of carbonyl (C=O) groups excluding carboxylic acids is 1. The lowest BCUT2D eigenvalue weighted by Gasteiger charge is -2.03. The van der Waals surface area contributed by atoms with Crippen LogP contribution in [0.4, 0.5) is 0 Å². The second-order valence-electron chi connectivity index (χ2n) is 3.57. The molecule has 16 heavy (non-hydrogen) atoms. The van der Waals surface area contributed by atoms with Gasteiger partial charge < -0.3 is 0 Å². The van der Waals surface area contributed by atoms with E-state index in [1.807, 2.05) is 24.3 Å². The van der Waals surface area contributed by atoms with E-state index in [-0.39, 0.29) is 5.78 Å². The standard InChI is InChI=1S/C12H11ClN2O/c1-8(16)11-7-12(15(2)14-11)9-5-3-4-6-10(9)13/h3-7H,1-2H3. The first-order chi connectivity index (χ1) is 7.59. The van der Waals surface area contributed by atoms with E-state index in [1.54, 1.807) is 17.8 Å². The third-order valence-corrected chi connectivity index (χ3v) is 2.72. The molecule has 0 saturated carbocycles. The molecule has 2 rings (SSSR count). The van der Waals surface area contributed by atoms with Gasteiger partial charge in [-0.1, -0.05) is 29.8 Å². The summed E-state index contributed by atoms with van der Waals surface area (Å²) in [5, 5.41) is 4.79. The van der Waals surface area contributed by atoms with Crippen molar-refractivity contribution in [3.05, 3.63) is 41.0 Å². The van der Waals surface area contributed by atoms with E-state index in [0.717, 1.165) is 11.3 Å². The van der Waals surface area contributed by atoms with Gasteiger partial charge in [0.25, 0.3) is 0 Å². The Morgan fingerprint density at radius 2 is 2.06 bits per heavy atom. The number of Topliss-reactive ketones (excluding diaryl/α,β-unsaturated/α-hetero) is 1. The maximum atomic E-state index is 11.2. The highest BCUT2D eigenvalue weighted by Crippen LogP contribution is 2.27. The van der Waals surface area contributed by atoms with Crippen molar-refractivity contribution in [2.75, 3.05) is 0 Å². The Balaban J connectivity index is 2.57. The first-order valence-electron chi connectivity index (χ1n) is 4.89. The molecule has 1 aromatic carbocycles. The molecule has 4 heteroatoms. The van der Waals surface area contributed by atoms with Crippen molar-refractivity contribution in [3.63, 3.8) is 0 Å². The number of hydrogen-bond acceptors (Lipinski definition) is 2. The van der Waals surface area contributed by atoms with Gasteiger partial charge >= 0.3 is 0 Å². The van der Waals surface area contributed by atoms with Gasteiger partial charge in [0.15, 0.2) is 5.78 Å². The average Bonchev–Trinajstić information content (AvgIpc) is 2.61. The lowest BCUT2D eigenvalue weighted by Crippen LogP contribution is -1.97. The fourth-order valence-corrected chi connectivity index (χ4v) is 1.79. The van der Waals surface area contributed by atoms with Gasteiger partial charge in [-0.15, -0.1) is 0 Å². The Kier molecular flexibility index (Phi) is 2.79. The molecular formula is C12H11ClN2O. The van der Waals surface area contributed by atoms with E-state index in [1.165, 1.54) is 6.92 Å². The molecule has 2 aromatic rings. The highest BCUT2D eigenvalue weighted by molar-refractivity contribution is 6.33. The molecule has 0 aliphatic carbocycles. The summed E-state index contributed by atoms with van der Waals surface area (Å²) in [5.41, 5.74) is 2.18. The van der Waals surface area contributed by atoms with Crippen molar-refractivity contribution in [3.8, 4) is 11.3 Å². The molecule has 0 aliphatic heterocycles. The predicted octanol–water partition coefficient (Wildman–Crippen LogP) is 2.94. The van der Waals surface area contributed by atoms with Crippen LogP contribution in [0.25, 0.3) is 11.3 Å². The number of ketones is 1. The van der Waals surface area contributed by atoms with Crippen LogP contribution < -0.4 is 0 Å². The molecular weight excluding hydrogens is 224 g/mol. The van der Waals surface area contributed by atoms with Crippen LogP contribution in [0.2, 0.25) is 5.02 Å². The minimum absolute atomic E-state index is 0.0473. The van der Waals surface area contributed by atoms with Crippen LogP contribution in [0, 0.1) is 0 Å². The number of halogens is 1. The van der Waals surface area contributed by atoms with Crippen molar-refractivity contribution >= 4 is 17.4 Å². The average molecular weight is 235 g/mol. The molecule has 0 amide bonds. The Morgan fingerprint density at radius 3 is 2.62 bits per heavy atom. The molecule has 1 heterocycles. The van der Waals surface area contributed by atoms with E-state index in [0.29, 0.717) is 10.7 Å². The molecule has 0 spiro atoms. The number of aryl methyl sites for hydroxylation is 1. The summed E-state index contributed by atoms with van der Waals surface area (Å²) in [6.07, 6.45) is 0. The van der Waals surface area contributed by atoms with Gasteiger partial charge in [0.05, 0.1) is 5.69 Å². The van der Waals surface area contributed by atoms with E-state index >= 15 is 0 Å². The van der Waals surface area contributed by atoms with Crippen LogP contribution in [0.15, 0.2) is 30.3 Å². The van der Waals surface area contributed by atoms with Crippen molar-refractivity contribution in [1.82, 2.24) is 9.78 Å². The third-order valence-electron chi connectivity index (χ3n) is 2.39. The van der Waals surface area contributed by atoms with Crippen molar-refractivity contribution in [2.24, 2.45) is 7.05 Å². The van der Waals surface area contributed by atoms with Crippen molar-refractivity contribution < 1.29 is 4.79 Å². The van der Waals surface area contributed by atoms with Crippen LogP contribution in [0.1, 0.15) is 17.4 Å². The number of rotatable bonds is 2. The third kappa shape index (κ3) is 1.86. The molecule has 0 aliphatic rings. The molecule has 0 saturated heterocycles. The predicted molar refractivity (Wildman–Crippen MR) is 63.7 cm³/mol. The van der Waals surface area contributed by atoms with Gasteiger partial charge in [-0.05, 0) is 12.1 Å². The maximum absolute atomic E-state index is 11.2. The summed E-state index contributed by atoms with van der Waals surface area (Å²) >= 11 is 6.09. The first-order valence-corrected chi connectivity index (χ1v) is 5.27. The lowest BCUT2D eigenvalue weighted by atomic mass is 10.1. The maximum Gasteiger partial charge on any atom is 0.180 e. The van der Waals surface area contributed by atoms with Crippen LogP contribution in [-0.4, -0.2) is 15.6 Å². The quantitative estimate of drug-likeness (QED) is 0.749.